The van der Waals surface area contributed by atoms with Gasteiger partial charge in [-0.3, -0.25) is 14.3 Å². The number of fused-ring (bicyclic) bond motifs is 2. The fraction of sp³-hybridized carbons (Fsp3) is 0.471. The number of nitrogens with one attached hydrogen (secondary N) is 2. The maximum atomic E-state index is 12.8. The third-order valence-electron chi connectivity index (χ3n) is 7.47. The summed E-state index contributed by atoms with van der Waals surface area (Å²) in [5, 5.41) is 5.12. The lowest BCUT2D eigenvalue weighted by atomic mass is 9.90. The van der Waals surface area contributed by atoms with Crippen molar-refractivity contribution in [1.82, 2.24) is 10.0 Å². The third kappa shape index (κ3) is 8.22. The molecule has 2 aromatic heterocycles. The molecule has 0 spiro atoms. The first-order chi connectivity index (χ1) is 20.6. The van der Waals surface area contributed by atoms with Crippen LogP contribution in [-0.4, -0.2) is 48.2 Å². The van der Waals surface area contributed by atoms with E-state index in [4.69, 9.17) is 18.3 Å². The van der Waals surface area contributed by atoms with Crippen LogP contribution in [0.25, 0.3) is 21.9 Å². The first-order valence-electron chi connectivity index (χ1n) is 15.2. The molecule has 1 aliphatic carbocycles. The molecule has 8 nitrogen and oxygen atoms in total. The zero-order valence-electron chi connectivity index (χ0n) is 25.6. The van der Waals surface area contributed by atoms with Crippen LogP contribution in [0.3, 0.4) is 0 Å². The summed E-state index contributed by atoms with van der Waals surface area (Å²) in [7, 11) is 0. The lowest BCUT2D eigenvalue weighted by Gasteiger charge is -2.35. The Morgan fingerprint density at radius 1 is 0.907 bits per heavy atom. The lowest BCUT2D eigenvalue weighted by Crippen LogP contribution is -2.44. The number of ketones is 2. The van der Waals surface area contributed by atoms with E-state index in [1.165, 1.54) is 0 Å². The molecule has 43 heavy (non-hydrogen) atoms. The zero-order valence-corrected chi connectivity index (χ0v) is 26.4. The van der Waals surface area contributed by atoms with Crippen LogP contribution in [0, 0.1) is 5.92 Å². The Hall–Kier alpha value is -3.27. The van der Waals surface area contributed by atoms with Crippen LogP contribution < -0.4 is 19.5 Å². The standard InChI is InChI=1S/C34H42N2O6S/c1-20(2)34(38)33-16-24-14-27(9-11-31(24)42-33)40-28-17-25(18-28)36-43-12-6-7-29(37)32-15-23-13-26(8-10-30(23)41-32)39-22(5)19-35-21(3)4/h8-11,13-16,20-22,25,28,35-36H,6-7,12,17-19H2,1-5H3/t22-,25-,28-/m1/s1. The Morgan fingerprint density at radius 2 is 1.56 bits per heavy atom. The summed E-state index contributed by atoms with van der Waals surface area (Å²) in [5.41, 5.74) is 1.39. The Kier molecular flexibility index (Phi) is 10.2. The van der Waals surface area contributed by atoms with Crippen molar-refractivity contribution >= 4 is 45.5 Å². The van der Waals surface area contributed by atoms with Gasteiger partial charge in [-0.1, -0.05) is 39.6 Å². The lowest BCUT2D eigenvalue weighted by molar-refractivity contribution is 0.0912. The highest BCUT2D eigenvalue weighted by atomic mass is 32.2. The van der Waals surface area contributed by atoms with E-state index in [2.05, 4.69) is 23.9 Å². The smallest absolute Gasteiger partial charge is 0.200 e. The first kappa shape index (κ1) is 31.2. The quantitative estimate of drug-likeness (QED) is 0.0758. The van der Waals surface area contributed by atoms with Crippen LogP contribution in [0.2, 0.25) is 0 Å². The highest BCUT2D eigenvalue weighted by Gasteiger charge is 2.31. The van der Waals surface area contributed by atoms with Crippen molar-refractivity contribution in [2.24, 2.45) is 5.92 Å². The summed E-state index contributed by atoms with van der Waals surface area (Å²) in [6, 6.07) is 15.8. The van der Waals surface area contributed by atoms with E-state index in [1.807, 2.05) is 63.2 Å². The molecule has 4 aromatic rings. The Balaban J connectivity index is 0.990. The maximum absolute atomic E-state index is 12.8. The first-order valence-corrected chi connectivity index (χ1v) is 16.2. The summed E-state index contributed by atoms with van der Waals surface area (Å²) in [6.45, 7) is 10.7. The topological polar surface area (TPSA) is 103 Å². The number of hydrogen-bond acceptors (Lipinski definition) is 9. The molecule has 0 amide bonds. The van der Waals surface area contributed by atoms with E-state index >= 15 is 0 Å². The minimum absolute atomic E-state index is 0.00293. The molecule has 1 saturated carbocycles. The molecular weight excluding hydrogens is 564 g/mol. The van der Waals surface area contributed by atoms with E-state index < -0.39 is 0 Å². The Bertz CT molecular complexity index is 1550. The van der Waals surface area contributed by atoms with Gasteiger partial charge in [0.1, 0.15) is 34.9 Å². The summed E-state index contributed by atoms with van der Waals surface area (Å²) in [6.07, 6.45) is 3.23. The van der Waals surface area contributed by atoms with E-state index in [0.717, 1.165) is 53.8 Å². The average Bonchev–Trinajstić information content (AvgIpc) is 3.57. The molecule has 1 atom stereocenters. The number of ether oxygens (including phenoxy) is 2. The largest absolute Gasteiger partial charge is 0.490 e. The van der Waals surface area contributed by atoms with Crippen molar-refractivity contribution in [1.29, 1.82) is 0 Å². The second-order valence-corrected chi connectivity index (χ2v) is 13.0. The molecule has 5 rings (SSSR count). The summed E-state index contributed by atoms with van der Waals surface area (Å²) in [5.74, 6) is 3.10. The fourth-order valence-corrected chi connectivity index (χ4v) is 5.80. The van der Waals surface area contributed by atoms with Gasteiger partial charge in [-0.05, 0) is 61.9 Å². The second kappa shape index (κ2) is 14.0. The van der Waals surface area contributed by atoms with Crippen LogP contribution in [-0.2, 0) is 0 Å². The van der Waals surface area contributed by atoms with E-state index in [1.54, 1.807) is 18.0 Å². The average molecular weight is 607 g/mol. The molecule has 1 fully saturated rings. The zero-order chi connectivity index (χ0) is 30.5. The predicted octanol–water partition coefficient (Wildman–Crippen LogP) is 7.59. The number of furan rings is 2. The number of carbonyl (C=O) groups excluding carboxylic acids is 2. The van der Waals surface area contributed by atoms with Gasteiger partial charge in [-0.15, -0.1) is 0 Å². The number of benzene rings is 2. The molecule has 0 aliphatic heterocycles. The molecule has 1 aliphatic rings. The Labute approximate surface area is 257 Å². The van der Waals surface area contributed by atoms with Crippen molar-refractivity contribution in [3.8, 4) is 11.5 Å². The van der Waals surface area contributed by atoms with Gasteiger partial charge < -0.3 is 23.6 Å². The van der Waals surface area contributed by atoms with Gasteiger partial charge in [-0.2, -0.15) is 0 Å². The van der Waals surface area contributed by atoms with Crippen molar-refractivity contribution in [3.63, 3.8) is 0 Å². The SMILES string of the molecule is CC(C)NC[C@@H](C)Oc1ccc2oc(C(=O)CCCSN[C@H]3C[C@H](Oc4ccc5oc(C(=O)C(C)C)cc5c4)C3)cc2c1. The minimum atomic E-state index is -0.105. The minimum Gasteiger partial charge on any atom is -0.490 e. The van der Waals surface area contributed by atoms with Crippen LogP contribution in [0.15, 0.2) is 57.4 Å². The summed E-state index contributed by atoms with van der Waals surface area (Å²) >= 11 is 1.66. The number of hydrogen-bond donors (Lipinski definition) is 2. The van der Waals surface area contributed by atoms with Crippen molar-refractivity contribution in [2.45, 2.75) is 84.6 Å². The van der Waals surface area contributed by atoms with Gasteiger partial charge in [0.25, 0.3) is 0 Å². The van der Waals surface area contributed by atoms with Gasteiger partial charge in [0, 0.05) is 60.3 Å². The van der Waals surface area contributed by atoms with Crippen LogP contribution >= 0.6 is 11.9 Å². The van der Waals surface area contributed by atoms with Crippen LogP contribution in [0.4, 0.5) is 0 Å². The molecular formula is C34H42N2O6S. The van der Waals surface area contributed by atoms with Crippen molar-refractivity contribution < 1.29 is 27.9 Å². The van der Waals surface area contributed by atoms with Crippen LogP contribution in [0.5, 0.6) is 11.5 Å². The molecule has 2 N–H and O–H groups in total. The van der Waals surface area contributed by atoms with Crippen molar-refractivity contribution in [2.75, 3.05) is 12.3 Å². The monoisotopic (exact) mass is 606 g/mol. The van der Waals surface area contributed by atoms with Gasteiger partial charge in [-0.25, -0.2) is 0 Å². The predicted molar refractivity (Wildman–Crippen MR) is 171 cm³/mol. The molecule has 0 bridgehead atoms. The molecule has 0 saturated heterocycles. The highest BCUT2D eigenvalue weighted by Crippen LogP contribution is 2.31. The second-order valence-electron chi connectivity index (χ2n) is 12.0. The number of rotatable bonds is 16. The maximum Gasteiger partial charge on any atom is 0.200 e. The Morgan fingerprint density at radius 3 is 2.26 bits per heavy atom. The van der Waals surface area contributed by atoms with Gasteiger partial charge in [0.15, 0.2) is 17.3 Å². The van der Waals surface area contributed by atoms with E-state index in [9.17, 15) is 9.59 Å². The van der Waals surface area contributed by atoms with Gasteiger partial charge in [0.05, 0.1) is 0 Å². The molecule has 230 valence electrons. The number of carbonyl (C=O) groups is 2. The molecule has 0 radical (unpaired) electrons. The van der Waals surface area contributed by atoms with E-state index in [0.29, 0.717) is 41.2 Å². The molecule has 2 heterocycles. The summed E-state index contributed by atoms with van der Waals surface area (Å²) in [4.78, 5) is 25.0. The highest BCUT2D eigenvalue weighted by molar-refractivity contribution is 7.97. The number of Topliss-reactive ketones (excluding diaryl/α,β-unsaturated/α-hetero) is 2. The molecule has 2 aromatic carbocycles. The van der Waals surface area contributed by atoms with Gasteiger partial charge in [0.2, 0.25) is 5.78 Å². The molecule has 9 heteroatoms. The van der Waals surface area contributed by atoms with Crippen LogP contribution in [0.1, 0.15) is 81.4 Å². The fourth-order valence-electron chi connectivity index (χ4n) is 4.96. The van der Waals surface area contributed by atoms with E-state index in [-0.39, 0.29) is 29.7 Å². The third-order valence-corrected chi connectivity index (χ3v) is 8.46. The normalized spacial score (nSPS) is 17.5. The van der Waals surface area contributed by atoms with Gasteiger partial charge >= 0.3 is 0 Å². The molecule has 0 unspecified atom stereocenters. The van der Waals surface area contributed by atoms with Crippen molar-refractivity contribution in [3.05, 3.63) is 60.1 Å². The summed E-state index contributed by atoms with van der Waals surface area (Å²) < 4.78 is 27.2.